The summed E-state index contributed by atoms with van der Waals surface area (Å²) in [6.07, 6.45) is -4.44. The number of carbonyl (C=O) groups excluding carboxylic acids is 1. The largest absolute Gasteiger partial charge is 0.484 e. The molecular weight excluding hydrogens is 457 g/mol. The molecule has 0 saturated carbocycles. The van der Waals surface area contributed by atoms with Crippen molar-refractivity contribution in [3.05, 3.63) is 83.4 Å². The zero-order valence-corrected chi connectivity index (χ0v) is 18.5. The minimum Gasteiger partial charge on any atom is -0.484 e. The second-order valence-electron chi connectivity index (χ2n) is 7.26. The summed E-state index contributed by atoms with van der Waals surface area (Å²) in [6, 6.07) is 16.1. The Kier molecular flexibility index (Phi) is 6.97. The maximum absolute atomic E-state index is 12.7. The van der Waals surface area contributed by atoms with Crippen LogP contribution in [0.2, 0.25) is 0 Å². The standard InChI is InChI=1S/C23H21F3N2O4S/c1-15-4-3-5-21(16(15)2)28-33(30,31)20-12-6-17(7-13-20)22(29)27-18-8-10-19(11-9-18)32-14-23(24,25)26/h3-13,28H,14H2,1-2H3,(H,27,29). The van der Waals surface area contributed by atoms with Crippen molar-refractivity contribution in [1.29, 1.82) is 0 Å². The summed E-state index contributed by atoms with van der Waals surface area (Å²) in [5.41, 5.74) is 2.78. The van der Waals surface area contributed by atoms with Crippen molar-refractivity contribution in [3.8, 4) is 5.75 Å². The highest BCUT2D eigenvalue weighted by Gasteiger charge is 2.28. The highest BCUT2D eigenvalue weighted by Crippen LogP contribution is 2.23. The lowest BCUT2D eigenvalue weighted by Crippen LogP contribution is -2.19. The molecule has 3 aromatic rings. The van der Waals surface area contributed by atoms with E-state index >= 15 is 0 Å². The number of halogens is 3. The lowest BCUT2D eigenvalue weighted by molar-refractivity contribution is -0.153. The topological polar surface area (TPSA) is 84.5 Å². The molecule has 1 amide bonds. The average molecular weight is 478 g/mol. The number of carbonyl (C=O) groups is 1. The number of rotatable bonds is 7. The molecule has 0 aliphatic rings. The second-order valence-corrected chi connectivity index (χ2v) is 8.94. The molecule has 33 heavy (non-hydrogen) atoms. The third-order valence-corrected chi connectivity index (χ3v) is 6.17. The molecule has 0 fully saturated rings. The van der Waals surface area contributed by atoms with Crippen LogP contribution >= 0.6 is 0 Å². The van der Waals surface area contributed by atoms with Crippen LogP contribution in [0.3, 0.4) is 0 Å². The lowest BCUT2D eigenvalue weighted by atomic mass is 10.1. The predicted octanol–water partition coefficient (Wildman–Crippen LogP) is 5.30. The van der Waals surface area contributed by atoms with Crippen LogP contribution < -0.4 is 14.8 Å². The zero-order valence-electron chi connectivity index (χ0n) is 17.7. The van der Waals surface area contributed by atoms with Gasteiger partial charge in [-0.2, -0.15) is 13.2 Å². The fourth-order valence-electron chi connectivity index (χ4n) is 2.85. The normalized spacial score (nSPS) is 11.7. The molecule has 0 aromatic heterocycles. The lowest BCUT2D eigenvalue weighted by Gasteiger charge is -2.12. The highest BCUT2D eigenvalue weighted by atomic mass is 32.2. The van der Waals surface area contributed by atoms with E-state index in [2.05, 4.69) is 14.8 Å². The van der Waals surface area contributed by atoms with Gasteiger partial charge < -0.3 is 10.1 Å². The molecule has 10 heteroatoms. The van der Waals surface area contributed by atoms with Crippen LogP contribution in [0.1, 0.15) is 21.5 Å². The molecule has 3 rings (SSSR count). The SMILES string of the molecule is Cc1cccc(NS(=O)(=O)c2ccc(C(=O)Nc3ccc(OCC(F)(F)F)cc3)cc2)c1C. The monoisotopic (exact) mass is 478 g/mol. The molecule has 0 spiro atoms. The number of benzene rings is 3. The quantitative estimate of drug-likeness (QED) is 0.483. The zero-order chi connectivity index (χ0) is 24.2. The van der Waals surface area contributed by atoms with Crippen LogP contribution in [-0.2, 0) is 10.0 Å². The van der Waals surface area contributed by atoms with E-state index in [1.807, 2.05) is 19.9 Å². The Balaban J connectivity index is 1.65. The van der Waals surface area contributed by atoms with Gasteiger partial charge in [-0.1, -0.05) is 12.1 Å². The van der Waals surface area contributed by atoms with Crippen molar-refractivity contribution in [2.75, 3.05) is 16.6 Å². The number of ether oxygens (including phenoxy) is 1. The second kappa shape index (κ2) is 9.53. The Hall–Kier alpha value is -3.53. The van der Waals surface area contributed by atoms with Crippen LogP contribution in [0.4, 0.5) is 24.5 Å². The third-order valence-electron chi connectivity index (χ3n) is 4.79. The number of sulfonamides is 1. The Morgan fingerprint density at radius 2 is 1.58 bits per heavy atom. The third kappa shape index (κ3) is 6.48. The molecule has 0 unspecified atom stereocenters. The number of nitrogens with one attached hydrogen (secondary N) is 2. The summed E-state index contributed by atoms with van der Waals surface area (Å²) < 4.78 is 69.1. The van der Waals surface area contributed by atoms with E-state index in [1.165, 1.54) is 48.5 Å². The van der Waals surface area contributed by atoms with Gasteiger partial charge in [0.1, 0.15) is 5.75 Å². The van der Waals surface area contributed by atoms with Gasteiger partial charge in [0.25, 0.3) is 15.9 Å². The van der Waals surface area contributed by atoms with Crippen LogP contribution in [0, 0.1) is 13.8 Å². The van der Waals surface area contributed by atoms with Crippen molar-refractivity contribution in [1.82, 2.24) is 0 Å². The minimum atomic E-state index is -4.44. The van der Waals surface area contributed by atoms with Crippen molar-refractivity contribution < 1.29 is 31.1 Å². The van der Waals surface area contributed by atoms with Crippen molar-refractivity contribution in [2.24, 2.45) is 0 Å². The molecule has 0 heterocycles. The highest BCUT2D eigenvalue weighted by molar-refractivity contribution is 7.92. The van der Waals surface area contributed by atoms with Gasteiger partial charge in [-0.15, -0.1) is 0 Å². The minimum absolute atomic E-state index is 0.00822. The number of alkyl halides is 3. The Morgan fingerprint density at radius 1 is 0.939 bits per heavy atom. The Bertz CT molecular complexity index is 1240. The van der Waals surface area contributed by atoms with E-state index in [9.17, 15) is 26.4 Å². The predicted molar refractivity (Wildman–Crippen MR) is 119 cm³/mol. The van der Waals surface area contributed by atoms with Crippen molar-refractivity contribution in [2.45, 2.75) is 24.9 Å². The van der Waals surface area contributed by atoms with Crippen LogP contribution in [0.25, 0.3) is 0 Å². The fraction of sp³-hybridized carbons (Fsp3) is 0.174. The van der Waals surface area contributed by atoms with Crippen LogP contribution in [0.5, 0.6) is 5.75 Å². The van der Waals surface area contributed by atoms with E-state index in [1.54, 1.807) is 12.1 Å². The van der Waals surface area contributed by atoms with Gasteiger partial charge in [0.15, 0.2) is 6.61 Å². The average Bonchev–Trinajstić information content (AvgIpc) is 2.76. The fourth-order valence-corrected chi connectivity index (χ4v) is 3.98. The maximum atomic E-state index is 12.7. The molecule has 0 saturated heterocycles. The maximum Gasteiger partial charge on any atom is 0.422 e. The Labute approximate surface area is 189 Å². The van der Waals surface area contributed by atoms with Crippen molar-refractivity contribution >= 4 is 27.3 Å². The van der Waals surface area contributed by atoms with Gasteiger partial charge in [0.05, 0.1) is 10.6 Å². The molecule has 6 nitrogen and oxygen atoms in total. The first-order chi connectivity index (χ1) is 15.4. The summed E-state index contributed by atoms with van der Waals surface area (Å²) >= 11 is 0. The molecule has 0 aliphatic heterocycles. The number of anilines is 2. The van der Waals surface area contributed by atoms with Gasteiger partial charge in [0.2, 0.25) is 0 Å². The molecular formula is C23H21F3N2O4S. The van der Waals surface area contributed by atoms with Crippen LogP contribution in [0.15, 0.2) is 71.6 Å². The van der Waals surface area contributed by atoms with E-state index in [4.69, 9.17) is 0 Å². The van der Waals surface area contributed by atoms with Gasteiger partial charge in [-0.25, -0.2) is 8.42 Å². The molecule has 0 bridgehead atoms. The van der Waals surface area contributed by atoms with E-state index < -0.39 is 28.7 Å². The summed E-state index contributed by atoms with van der Waals surface area (Å²) in [7, 11) is -3.85. The van der Waals surface area contributed by atoms with Gasteiger partial charge in [0, 0.05) is 11.3 Å². The summed E-state index contributed by atoms with van der Waals surface area (Å²) in [6.45, 7) is 2.28. The first-order valence-corrected chi connectivity index (χ1v) is 11.2. The van der Waals surface area contributed by atoms with E-state index in [0.29, 0.717) is 11.4 Å². The first-order valence-electron chi connectivity index (χ1n) is 9.75. The van der Waals surface area contributed by atoms with Gasteiger partial charge in [-0.05, 0) is 79.6 Å². The van der Waals surface area contributed by atoms with Gasteiger partial charge >= 0.3 is 6.18 Å². The van der Waals surface area contributed by atoms with E-state index in [-0.39, 0.29) is 16.2 Å². The molecule has 174 valence electrons. The van der Waals surface area contributed by atoms with Crippen LogP contribution in [-0.4, -0.2) is 27.1 Å². The number of hydrogen-bond donors (Lipinski definition) is 2. The summed E-state index contributed by atoms with van der Waals surface area (Å²) in [5, 5.41) is 2.59. The molecule has 0 radical (unpaired) electrons. The van der Waals surface area contributed by atoms with E-state index in [0.717, 1.165) is 11.1 Å². The number of amides is 1. The first kappa shape index (κ1) is 24.1. The Morgan fingerprint density at radius 3 is 2.18 bits per heavy atom. The molecule has 0 atom stereocenters. The molecule has 2 N–H and O–H groups in total. The molecule has 3 aromatic carbocycles. The smallest absolute Gasteiger partial charge is 0.422 e. The van der Waals surface area contributed by atoms with Gasteiger partial charge in [-0.3, -0.25) is 9.52 Å². The summed E-state index contributed by atoms with van der Waals surface area (Å²) in [4.78, 5) is 12.4. The number of aryl methyl sites for hydroxylation is 1. The van der Waals surface area contributed by atoms with Crippen molar-refractivity contribution in [3.63, 3.8) is 0 Å². The number of hydrogen-bond acceptors (Lipinski definition) is 4. The summed E-state index contributed by atoms with van der Waals surface area (Å²) in [5.74, 6) is -0.498. The molecule has 0 aliphatic carbocycles.